The monoisotopic (exact) mass is 515 g/mol. The van der Waals surface area contributed by atoms with Crippen LogP contribution in [0.25, 0.3) is 0 Å². The molecule has 0 fully saturated rings. The minimum atomic E-state index is 0. The van der Waals surface area contributed by atoms with E-state index in [1.807, 2.05) is 37.1 Å². The fraction of sp³-hybridized carbons (Fsp3) is 0.524. The van der Waals surface area contributed by atoms with Crippen molar-refractivity contribution >= 4 is 29.9 Å². The molecule has 2 aromatic rings. The van der Waals surface area contributed by atoms with Gasteiger partial charge in [-0.05, 0) is 56.4 Å². The van der Waals surface area contributed by atoms with Crippen LogP contribution in [0.2, 0.25) is 0 Å². The van der Waals surface area contributed by atoms with Crippen LogP contribution in [-0.2, 0) is 19.9 Å². The van der Waals surface area contributed by atoms with Gasteiger partial charge in [0.25, 0.3) is 0 Å². The van der Waals surface area contributed by atoms with Crippen molar-refractivity contribution in [1.29, 1.82) is 0 Å². The summed E-state index contributed by atoms with van der Waals surface area (Å²) in [6.45, 7) is 7.11. The Bertz CT molecular complexity index is 748. The van der Waals surface area contributed by atoms with Gasteiger partial charge < -0.3 is 20.1 Å². The third-order valence-electron chi connectivity index (χ3n) is 4.23. The van der Waals surface area contributed by atoms with Crippen LogP contribution in [0.4, 0.5) is 0 Å². The molecule has 0 radical (unpaired) electrons. The molecule has 1 aromatic heterocycles. The second-order valence-corrected chi connectivity index (χ2v) is 6.48. The number of hydrogen-bond acceptors (Lipinski definition) is 4. The highest BCUT2D eigenvalue weighted by Gasteiger charge is 2.05. The number of hydrogen-bond donors (Lipinski definition) is 2. The van der Waals surface area contributed by atoms with Gasteiger partial charge in [-0.15, -0.1) is 24.0 Å². The van der Waals surface area contributed by atoms with Gasteiger partial charge in [0.2, 0.25) is 0 Å². The Hall–Kier alpha value is -1.97. The summed E-state index contributed by atoms with van der Waals surface area (Å²) in [5, 5.41) is 10.9. The van der Waals surface area contributed by atoms with E-state index in [-0.39, 0.29) is 24.0 Å². The molecule has 0 aliphatic carbocycles. The minimum absolute atomic E-state index is 0. The standard InChI is InChI=1S/C21H33N5O2.HI/c1-5-22-21(24-13-11-18-15-25-26(3)16-18)23-12-7-8-17-9-10-19(27-4)20(14-17)28-6-2;/h9-10,14-16H,5-8,11-13H2,1-4H3,(H2,22,23,24);1H. The van der Waals surface area contributed by atoms with Crippen molar-refractivity contribution in [3.8, 4) is 11.5 Å². The molecule has 1 heterocycles. The number of aliphatic imine (C=N–C) groups is 1. The zero-order valence-corrected chi connectivity index (χ0v) is 20.2. The van der Waals surface area contributed by atoms with E-state index in [1.165, 1.54) is 11.1 Å². The molecule has 0 aliphatic rings. The Morgan fingerprint density at radius 3 is 2.62 bits per heavy atom. The van der Waals surface area contributed by atoms with Gasteiger partial charge in [-0.2, -0.15) is 5.10 Å². The molecular formula is C21H34IN5O2. The van der Waals surface area contributed by atoms with E-state index in [9.17, 15) is 0 Å². The topological polar surface area (TPSA) is 72.7 Å². The summed E-state index contributed by atoms with van der Waals surface area (Å²) < 4.78 is 12.8. The number of methoxy groups -OCH3 is 1. The van der Waals surface area contributed by atoms with Gasteiger partial charge >= 0.3 is 0 Å². The highest BCUT2D eigenvalue weighted by Crippen LogP contribution is 2.28. The van der Waals surface area contributed by atoms with E-state index in [1.54, 1.807) is 7.11 Å². The van der Waals surface area contributed by atoms with Gasteiger partial charge in [0.15, 0.2) is 17.5 Å². The number of benzene rings is 1. The molecule has 2 rings (SSSR count). The number of nitrogens with zero attached hydrogens (tertiary/aromatic N) is 3. The molecule has 0 saturated heterocycles. The number of nitrogens with one attached hydrogen (secondary N) is 2. The van der Waals surface area contributed by atoms with Crippen LogP contribution in [0.3, 0.4) is 0 Å². The second-order valence-electron chi connectivity index (χ2n) is 6.48. The minimum Gasteiger partial charge on any atom is -0.493 e. The molecule has 0 bridgehead atoms. The van der Waals surface area contributed by atoms with Crippen LogP contribution in [-0.4, -0.2) is 49.1 Å². The molecule has 0 amide bonds. The van der Waals surface area contributed by atoms with Crippen molar-refractivity contribution in [2.24, 2.45) is 12.0 Å². The van der Waals surface area contributed by atoms with Gasteiger partial charge in [0.1, 0.15) is 0 Å². The molecule has 2 N–H and O–H groups in total. The van der Waals surface area contributed by atoms with Gasteiger partial charge in [-0.1, -0.05) is 6.07 Å². The first-order valence-corrected chi connectivity index (χ1v) is 9.95. The maximum Gasteiger partial charge on any atom is 0.191 e. The van der Waals surface area contributed by atoms with Gasteiger partial charge in [0.05, 0.1) is 19.9 Å². The fourth-order valence-corrected chi connectivity index (χ4v) is 2.89. The highest BCUT2D eigenvalue weighted by atomic mass is 127. The molecule has 1 aromatic carbocycles. The normalized spacial score (nSPS) is 11.0. The van der Waals surface area contributed by atoms with Crippen molar-refractivity contribution < 1.29 is 9.47 Å². The van der Waals surface area contributed by atoms with E-state index >= 15 is 0 Å². The van der Waals surface area contributed by atoms with Crippen molar-refractivity contribution in [2.75, 3.05) is 33.4 Å². The summed E-state index contributed by atoms with van der Waals surface area (Å²) in [7, 11) is 3.60. The Kier molecular flexibility index (Phi) is 12.2. The molecular weight excluding hydrogens is 481 g/mol. The summed E-state index contributed by atoms with van der Waals surface area (Å²) >= 11 is 0. The van der Waals surface area contributed by atoms with Crippen LogP contribution in [0.1, 0.15) is 31.4 Å². The Morgan fingerprint density at radius 1 is 1.14 bits per heavy atom. The summed E-state index contributed by atoms with van der Waals surface area (Å²) in [5.41, 5.74) is 2.45. The first-order valence-electron chi connectivity index (χ1n) is 9.95. The first kappa shape index (κ1) is 25.1. The maximum absolute atomic E-state index is 5.65. The average molecular weight is 515 g/mol. The van der Waals surface area contributed by atoms with Crippen molar-refractivity contribution in [3.05, 3.63) is 41.7 Å². The van der Waals surface area contributed by atoms with Crippen LogP contribution >= 0.6 is 24.0 Å². The SMILES string of the molecule is CCNC(=NCCCc1ccc(OC)c(OCC)c1)NCCc1cnn(C)c1.I. The van der Waals surface area contributed by atoms with E-state index < -0.39 is 0 Å². The number of ether oxygens (including phenoxy) is 2. The quantitative estimate of drug-likeness (QED) is 0.208. The summed E-state index contributed by atoms with van der Waals surface area (Å²) in [4.78, 5) is 4.68. The van der Waals surface area contributed by atoms with Crippen molar-refractivity contribution in [3.63, 3.8) is 0 Å². The highest BCUT2D eigenvalue weighted by molar-refractivity contribution is 14.0. The largest absolute Gasteiger partial charge is 0.493 e. The van der Waals surface area contributed by atoms with E-state index in [0.29, 0.717) is 6.61 Å². The molecule has 0 unspecified atom stereocenters. The van der Waals surface area contributed by atoms with Crippen LogP contribution in [0.15, 0.2) is 35.6 Å². The molecule has 0 spiro atoms. The lowest BCUT2D eigenvalue weighted by atomic mass is 10.1. The lowest BCUT2D eigenvalue weighted by Gasteiger charge is -2.12. The molecule has 162 valence electrons. The number of aryl methyl sites for hydroxylation is 2. The third-order valence-corrected chi connectivity index (χ3v) is 4.23. The molecule has 0 saturated carbocycles. The number of guanidine groups is 1. The number of aromatic nitrogens is 2. The van der Waals surface area contributed by atoms with Crippen molar-refractivity contribution in [2.45, 2.75) is 33.1 Å². The predicted octanol–water partition coefficient (Wildman–Crippen LogP) is 3.18. The van der Waals surface area contributed by atoms with E-state index in [2.05, 4.69) is 39.8 Å². The molecule has 7 nitrogen and oxygen atoms in total. The van der Waals surface area contributed by atoms with Gasteiger partial charge in [-0.3, -0.25) is 9.67 Å². The Balaban J connectivity index is 0.00000420. The predicted molar refractivity (Wildman–Crippen MR) is 129 cm³/mol. The van der Waals surface area contributed by atoms with Gasteiger partial charge in [0, 0.05) is 32.9 Å². The van der Waals surface area contributed by atoms with Crippen LogP contribution in [0.5, 0.6) is 11.5 Å². The number of halogens is 1. The maximum atomic E-state index is 5.65. The second kappa shape index (κ2) is 14.1. The lowest BCUT2D eigenvalue weighted by Crippen LogP contribution is -2.38. The third kappa shape index (κ3) is 8.93. The molecule has 0 aliphatic heterocycles. The number of rotatable bonds is 11. The van der Waals surface area contributed by atoms with Crippen molar-refractivity contribution in [1.82, 2.24) is 20.4 Å². The zero-order valence-electron chi connectivity index (χ0n) is 17.9. The van der Waals surface area contributed by atoms with Crippen LogP contribution < -0.4 is 20.1 Å². The summed E-state index contributed by atoms with van der Waals surface area (Å²) in [6.07, 6.45) is 6.78. The fourth-order valence-electron chi connectivity index (χ4n) is 2.89. The van der Waals surface area contributed by atoms with Gasteiger partial charge in [-0.25, -0.2) is 0 Å². The Labute approximate surface area is 191 Å². The van der Waals surface area contributed by atoms with Crippen LogP contribution in [0, 0.1) is 0 Å². The molecule has 29 heavy (non-hydrogen) atoms. The average Bonchev–Trinajstić information content (AvgIpc) is 3.10. The molecule has 0 atom stereocenters. The first-order chi connectivity index (χ1) is 13.7. The lowest BCUT2D eigenvalue weighted by molar-refractivity contribution is 0.310. The summed E-state index contributed by atoms with van der Waals surface area (Å²) in [5.74, 6) is 2.43. The smallest absolute Gasteiger partial charge is 0.191 e. The Morgan fingerprint density at radius 2 is 1.97 bits per heavy atom. The molecule has 8 heteroatoms. The van der Waals surface area contributed by atoms with E-state index in [4.69, 9.17) is 9.47 Å². The van der Waals surface area contributed by atoms with E-state index in [0.717, 1.165) is 56.4 Å². The summed E-state index contributed by atoms with van der Waals surface area (Å²) in [6, 6.07) is 6.11. The zero-order chi connectivity index (χ0) is 20.2.